The summed E-state index contributed by atoms with van der Waals surface area (Å²) < 4.78 is 32.2. The van der Waals surface area contributed by atoms with Crippen molar-refractivity contribution in [2.45, 2.75) is 17.9 Å². The van der Waals surface area contributed by atoms with Gasteiger partial charge in [-0.25, -0.2) is 13.2 Å². The zero-order valence-electron chi connectivity index (χ0n) is 14.7. The van der Waals surface area contributed by atoms with Crippen molar-refractivity contribution in [1.82, 2.24) is 4.31 Å². The molecular weight excluding hydrogens is 388 g/mol. The van der Waals surface area contributed by atoms with E-state index in [0.29, 0.717) is 5.56 Å². The minimum absolute atomic E-state index is 0.211. The molecule has 0 saturated heterocycles. The topological polar surface area (TPSA) is 127 Å². The second kappa shape index (κ2) is 7.31. The van der Waals surface area contributed by atoms with Crippen molar-refractivity contribution in [3.8, 4) is 0 Å². The highest BCUT2D eigenvalue weighted by molar-refractivity contribution is 7.89. The van der Waals surface area contributed by atoms with Crippen molar-refractivity contribution in [3.05, 3.63) is 76.0 Å². The van der Waals surface area contributed by atoms with Gasteiger partial charge < -0.3 is 9.84 Å². The number of ether oxygens (including phenoxy) is 1. The van der Waals surface area contributed by atoms with Gasteiger partial charge in [-0.05, 0) is 19.1 Å². The molecule has 0 unspecified atom stereocenters. The molecule has 0 saturated carbocycles. The Labute approximate surface area is 160 Å². The molecule has 1 N–H and O–H groups in total. The van der Waals surface area contributed by atoms with E-state index in [0.717, 1.165) is 40.3 Å². The number of nitrogens with zero attached hydrogens (tertiary/aromatic N) is 2. The van der Waals surface area contributed by atoms with Crippen LogP contribution in [0.1, 0.15) is 11.1 Å². The molecule has 0 fully saturated rings. The molecule has 1 aliphatic heterocycles. The average Bonchev–Trinajstić information content (AvgIpc) is 2.68. The number of hydrogen-bond acceptors (Lipinski definition) is 6. The van der Waals surface area contributed by atoms with Crippen molar-refractivity contribution < 1.29 is 28.0 Å². The van der Waals surface area contributed by atoms with Crippen LogP contribution in [0.3, 0.4) is 0 Å². The highest BCUT2D eigenvalue weighted by Crippen LogP contribution is 2.29. The Morgan fingerprint density at radius 2 is 1.79 bits per heavy atom. The third kappa shape index (κ3) is 3.67. The third-order valence-corrected chi connectivity index (χ3v) is 5.98. The van der Waals surface area contributed by atoms with E-state index in [2.05, 4.69) is 0 Å². The van der Waals surface area contributed by atoms with Crippen molar-refractivity contribution in [1.29, 1.82) is 0 Å². The molecule has 2 aromatic carbocycles. The Morgan fingerprint density at radius 3 is 2.32 bits per heavy atom. The number of aryl methyl sites for hydroxylation is 1. The molecular formula is C18H16N2O7S. The largest absolute Gasteiger partial charge is 0.489 e. The fourth-order valence-corrected chi connectivity index (χ4v) is 4.08. The van der Waals surface area contributed by atoms with Crippen LogP contribution in [0.25, 0.3) is 5.76 Å². The van der Waals surface area contributed by atoms with Crippen LogP contribution in [-0.4, -0.2) is 41.4 Å². The lowest BCUT2D eigenvalue weighted by atomic mass is 10.1. The van der Waals surface area contributed by atoms with Crippen LogP contribution in [0.5, 0.6) is 0 Å². The average molecular weight is 404 g/mol. The molecule has 146 valence electrons. The molecule has 0 bridgehead atoms. The van der Waals surface area contributed by atoms with Crippen LogP contribution in [0, 0.1) is 17.0 Å². The lowest BCUT2D eigenvalue weighted by molar-refractivity contribution is -0.384. The van der Waals surface area contributed by atoms with E-state index < -0.39 is 27.0 Å². The van der Waals surface area contributed by atoms with Crippen LogP contribution in [0.15, 0.2) is 59.6 Å². The summed E-state index contributed by atoms with van der Waals surface area (Å²) in [6.07, 6.45) is 1.13. The van der Waals surface area contributed by atoms with Crippen molar-refractivity contribution in [2.24, 2.45) is 0 Å². The fourth-order valence-electron chi connectivity index (χ4n) is 2.64. The summed E-state index contributed by atoms with van der Waals surface area (Å²) in [7, 11) is -4.27. The number of aliphatic carboxylic acids is 1. The number of nitro benzene ring substituents is 1. The zero-order valence-corrected chi connectivity index (χ0v) is 15.5. The lowest BCUT2D eigenvalue weighted by Gasteiger charge is -2.32. The number of non-ortho nitro benzene ring substituents is 1. The third-order valence-electron chi connectivity index (χ3n) is 4.19. The normalized spacial score (nSPS) is 16.8. The van der Waals surface area contributed by atoms with Gasteiger partial charge in [0.25, 0.3) is 15.7 Å². The quantitative estimate of drug-likeness (QED) is 0.599. The highest BCUT2D eigenvalue weighted by atomic mass is 32.2. The zero-order chi connectivity index (χ0) is 20.5. The molecule has 3 rings (SSSR count). The molecule has 2 aromatic rings. The fraction of sp³-hybridized carbons (Fsp3) is 0.167. The molecule has 10 heteroatoms. The van der Waals surface area contributed by atoms with E-state index in [1.54, 1.807) is 12.1 Å². The number of rotatable bonds is 5. The van der Waals surface area contributed by atoms with Gasteiger partial charge >= 0.3 is 5.97 Å². The monoisotopic (exact) mass is 404 g/mol. The molecule has 0 aliphatic carbocycles. The van der Waals surface area contributed by atoms with Gasteiger partial charge in [-0.1, -0.05) is 29.8 Å². The Bertz CT molecular complexity index is 1040. The highest BCUT2D eigenvalue weighted by Gasteiger charge is 2.38. The summed E-state index contributed by atoms with van der Waals surface area (Å²) in [5, 5.41) is 20.2. The van der Waals surface area contributed by atoms with Crippen molar-refractivity contribution in [3.63, 3.8) is 0 Å². The van der Waals surface area contributed by atoms with Crippen LogP contribution < -0.4 is 0 Å². The van der Waals surface area contributed by atoms with Crippen LogP contribution in [0.2, 0.25) is 0 Å². The minimum atomic E-state index is -4.27. The smallest absolute Gasteiger partial charge is 0.331 e. The molecule has 1 heterocycles. The first-order valence-electron chi connectivity index (χ1n) is 8.12. The van der Waals surface area contributed by atoms with Gasteiger partial charge in [0.05, 0.1) is 16.0 Å². The Hall–Kier alpha value is -3.40. The van der Waals surface area contributed by atoms with E-state index in [1.807, 2.05) is 19.1 Å². The van der Waals surface area contributed by atoms with Crippen LogP contribution in [-0.2, 0) is 19.6 Å². The Kier molecular flexibility index (Phi) is 5.06. The van der Waals surface area contributed by atoms with Gasteiger partial charge in [0.2, 0.25) is 0 Å². The summed E-state index contributed by atoms with van der Waals surface area (Å²) in [4.78, 5) is 21.4. The maximum atomic E-state index is 13.0. The van der Waals surface area contributed by atoms with E-state index >= 15 is 0 Å². The van der Waals surface area contributed by atoms with Crippen LogP contribution >= 0.6 is 0 Å². The summed E-state index contributed by atoms with van der Waals surface area (Å²) in [5.74, 6) is -1.16. The summed E-state index contributed by atoms with van der Waals surface area (Å²) in [5.41, 5.74) is 1.32. The predicted octanol–water partition coefficient (Wildman–Crippen LogP) is 2.38. The van der Waals surface area contributed by atoms with Gasteiger partial charge in [0.15, 0.2) is 6.04 Å². The molecule has 28 heavy (non-hydrogen) atoms. The number of carboxylic acid groups (broad SMARTS) is 1. The van der Waals surface area contributed by atoms with Gasteiger partial charge in [-0.2, -0.15) is 0 Å². The predicted molar refractivity (Wildman–Crippen MR) is 98.7 cm³/mol. The molecule has 0 amide bonds. The molecule has 0 spiro atoms. The number of nitro groups is 1. The van der Waals surface area contributed by atoms with Crippen molar-refractivity contribution in [2.75, 3.05) is 6.61 Å². The summed E-state index contributed by atoms with van der Waals surface area (Å²) in [6, 6.07) is 9.88. The SMILES string of the molecule is Cc1ccc(C2=CN(S(=O)(=O)c3ccc([N+](=O)[O-])cc3)[C@H](C(=O)O)CO2)cc1. The molecule has 0 radical (unpaired) electrons. The van der Waals surface area contributed by atoms with E-state index in [1.165, 1.54) is 0 Å². The Balaban J connectivity index is 2.04. The maximum absolute atomic E-state index is 13.0. The number of hydrogen-bond donors (Lipinski definition) is 1. The number of sulfonamides is 1. The van der Waals surface area contributed by atoms with E-state index in [-0.39, 0.29) is 22.9 Å². The second-order valence-electron chi connectivity index (χ2n) is 6.11. The van der Waals surface area contributed by atoms with Gasteiger partial charge in [-0.3, -0.25) is 14.4 Å². The van der Waals surface area contributed by atoms with E-state index in [9.17, 15) is 28.4 Å². The molecule has 1 atom stereocenters. The first-order chi connectivity index (χ1) is 13.2. The Morgan fingerprint density at radius 1 is 1.18 bits per heavy atom. The van der Waals surface area contributed by atoms with Crippen LogP contribution in [0.4, 0.5) is 5.69 Å². The van der Waals surface area contributed by atoms with Crippen molar-refractivity contribution >= 4 is 27.4 Å². The lowest BCUT2D eigenvalue weighted by Crippen LogP contribution is -2.46. The first-order valence-corrected chi connectivity index (χ1v) is 9.56. The molecule has 1 aliphatic rings. The number of benzene rings is 2. The molecule has 0 aromatic heterocycles. The summed E-state index contributed by atoms with van der Waals surface area (Å²) in [6.45, 7) is 1.52. The molecule has 9 nitrogen and oxygen atoms in total. The van der Waals surface area contributed by atoms with Gasteiger partial charge in [-0.15, -0.1) is 0 Å². The minimum Gasteiger partial charge on any atom is -0.489 e. The standard InChI is InChI=1S/C18H16N2O7S/c1-12-2-4-13(5-3-12)17-10-19(16(11-27-17)18(21)22)28(25,26)15-8-6-14(7-9-15)20(23)24/h2-10,16H,11H2,1H3,(H,21,22)/t16-/m0/s1. The maximum Gasteiger partial charge on any atom is 0.331 e. The summed E-state index contributed by atoms with van der Waals surface area (Å²) >= 11 is 0. The first kappa shape index (κ1) is 19.4. The van der Waals surface area contributed by atoms with Gasteiger partial charge in [0, 0.05) is 17.7 Å². The second-order valence-corrected chi connectivity index (χ2v) is 7.95. The number of carboxylic acids is 1. The van der Waals surface area contributed by atoms with Gasteiger partial charge in [0.1, 0.15) is 12.4 Å². The van der Waals surface area contributed by atoms with E-state index in [4.69, 9.17) is 4.74 Å². The number of carbonyl (C=O) groups is 1.